The van der Waals surface area contributed by atoms with Crippen LogP contribution in [0.25, 0.3) is 5.82 Å². The normalized spacial score (nSPS) is 18.8. The van der Waals surface area contributed by atoms with Gasteiger partial charge in [-0.05, 0) is 26.3 Å². The zero-order chi connectivity index (χ0) is 16.4. The van der Waals surface area contributed by atoms with Gasteiger partial charge in [0.15, 0.2) is 5.82 Å². The number of likely N-dealkylation sites (tertiary alicyclic amines) is 1. The monoisotopic (exact) mass is 340 g/mol. The molecule has 6 nitrogen and oxygen atoms in total. The molecular formula is C17H20N6S. The maximum absolute atomic E-state index is 4.80. The topological polar surface area (TPSA) is 59.7 Å². The minimum Gasteiger partial charge on any atom is -0.297 e. The number of nitrogens with zero attached hydrogens (tertiary/aromatic N) is 6. The van der Waals surface area contributed by atoms with Crippen LogP contribution in [0.1, 0.15) is 35.2 Å². The first-order chi connectivity index (χ1) is 11.8. The molecule has 1 fully saturated rings. The van der Waals surface area contributed by atoms with Crippen molar-refractivity contribution >= 4 is 11.3 Å². The average Bonchev–Trinajstić information content (AvgIpc) is 3.27. The van der Waals surface area contributed by atoms with Crippen molar-refractivity contribution in [2.45, 2.75) is 32.2 Å². The predicted molar refractivity (Wildman–Crippen MR) is 93.3 cm³/mol. The summed E-state index contributed by atoms with van der Waals surface area (Å²) in [6, 6.07) is 0. The van der Waals surface area contributed by atoms with E-state index in [1.807, 2.05) is 17.0 Å². The van der Waals surface area contributed by atoms with Gasteiger partial charge in [0.2, 0.25) is 0 Å². The van der Waals surface area contributed by atoms with Crippen molar-refractivity contribution in [1.82, 2.24) is 29.4 Å². The third-order valence-electron chi connectivity index (χ3n) is 4.39. The zero-order valence-electron chi connectivity index (χ0n) is 13.7. The summed E-state index contributed by atoms with van der Waals surface area (Å²) >= 11 is 1.72. The number of piperidine rings is 1. The van der Waals surface area contributed by atoms with E-state index in [1.54, 1.807) is 30.1 Å². The van der Waals surface area contributed by atoms with Crippen LogP contribution in [0, 0.1) is 6.92 Å². The van der Waals surface area contributed by atoms with Crippen molar-refractivity contribution in [2.75, 3.05) is 13.1 Å². The number of imidazole rings is 1. The molecule has 24 heavy (non-hydrogen) atoms. The summed E-state index contributed by atoms with van der Waals surface area (Å²) in [5.74, 6) is 1.26. The fraction of sp³-hybridized carbons (Fsp3) is 0.412. The SMILES string of the molecule is Cc1nc(CN2CCC[C@@H](c3cncc(-n4ccnc4)n3)C2)cs1. The van der Waals surface area contributed by atoms with E-state index in [0.29, 0.717) is 5.92 Å². The summed E-state index contributed by atoms with van der Waals surface area (Å²) in [5.41, 5.74) is 2.25. The molecule has 0 spiro atoms. The minimum absolute atomic E-state index is 0.425. The fourth-order valence-electron chi connectivity index (χ4n) is 3.24. The van der Waals surface area contributed by atoms with Crippen molar-refractivity contribution < 1.29 is 0 Å². The molecule has 4 heterocycles. The van der Waals surface area contributed by atoms with E-state index in [9.17, 15) is 0 Å². The second-order valence-electron chi connectivity index (χ2n) is 6.20. The van der Waals surface area contributed by atoms with Crippen LogP contribution in [0.2, 0.25) is 0 Å². The lowest BCUT2D eigenvalue weighted by Gasteiger charge is -2.31. The molecule has 0 aliphatic carbocycles. The first-order valence-corrected chi connectivity index (χ1v) is 9.09. The standard InChI is InChI=1S/C17H20N6S/c1-13-20-15(11-24-13)10-22-5-2-3-14(9-22)16-7-19-8-17(21-16)23-6-4-18-12-23/h4,6-8,11-12,14H,2-3,5,9-10H2,1H3/t14-/m1/s1. The molecule has 3 aromatic heterocycles. The summed E-state index contributed by atoms with van der Waals surface area (Å²) in [6.07, 6.45) is 11.4. The molecule has 1 atom stereocenters. The molecule has 0 N–H and O–H groups in total. The lowest BCUT2D eigenvalue weighted by Crippen LogP contribution is -2.34. The first-order valence-electron chi connectivity index (χ1n) is 8.21. The molecule has 0 bridgehead atoms. The van der Waals surface area contributed by atoms with Crippen LogP contribution in [-0.4, -0.2) is 42.5 Å². The van der Waals surface area contributed by atoms with Crippen LogP contribution < -0.4 is 0 Å². The van der Waals surface area contributed by atoms with Crippen LogP contribution >= 0.6 is 11.3 Å². The Morgan fingerprint density at radius 1 is 1.25 bits per heavy atom. The molecule has 1 aliphatic heterocycles. The largest absolute Gasteiger partial charge is 0.297 e. The smallest absolute Gasteiger partial charge is 0.156 e. The van der Waals surface area contributed by atoms with Gasteiger partial charge in [-0.15, -0.1) is 11.3 Å². The van der Waals surface area contributed by atoms with Gasteiger partial charge in [0, 0.05) is 43.0 Å². The molecule has 0 aromatic carbocycles. The quantitative estimate of drug-likeness (QED) is 0.731. The molecule has 0 saturated carbocycles. The fourth-order valence-corrected chi connectivity index (χ4v) is 3.84. The lowest BCUT2D eigenvalue weighted by molar-refractivity contribution is 0.196. The van der Waals surface area contributed by atoms with Gasteiger partial charge in [-0.2, -0.15) is 0 Å². The molecule has 0 amide bonds. The second-order valence-corrected chi connectivity index (χ2v) is 7.27. The van der Waals surface area contributed by atoms with Crippen molar-refractivity contribution in [3.63, 3.8) is 0 Å². The third kappa shape index (κ3) is 3.37. The van der Waals surface area contributed by atoms with Crippen LogP contribution in [0.3, 0.4) is 0 Å². The molecule has 3 aromatic rings. The van der Waals surface area contributed by atoms with E-state index in [1.165, 1.54) is 12.1 Å². The molecule has 1 aliphatic rings. The predicted octanol–water partition coefficient (Wildman–Crippen LogP) is 2.81. The van der Waals surface area contributed by atoms with Crippen LogP contribution in [0.4, 0.5) is 0 Å². The summed E-state index contributed by atoms with van der Waals surface area (Å²) in [4.78, 5) is 20.3. The molecule has 0 radical (unpaired) electrons. The highest BCUT2D eigenvalue weighted by Crippen LogP contribution is 2.26. The maximum atomic E-state index is 4.80. The Balaban J connectivity index is 1.48. The summed E-state index contributed by atoms with van der Waals surface area (Å²) in [7, 11) is 0. The van der Waals surface area contributed by atoms with Crippen molar-refractivity contribution in [1.29, 1.82) is 0 Å². The van der Waals surface area contributed by atoms with E-state index in [-0.39, 0.29) is 0 Å². The number of aromatic nitrogens is 5. The highest BCUT2D eigenvalue weighted by molar-refractivity contribution is 7.09. The summed E-state index contributed by atoms with van der Waals surface area (Å²) in [5, 5.41) is 3.30. The Morgan fingerprint density at radius 2 is 2.21 bits per heavy atom. The maximum Gasteiger partial charge on any atom is 0.156 e. The zero-order valence-corrected chi connectivity index (χ0v) is 14.5. The van der Waals surface area contributed by atoms with E-state index in [2.05, 4.69) is 32.2 Å². The Labute approximate surface area is 145 Å². The van der Waals surface area contributed by atoms with Gasteiger partial charge in [0.25, 0.3) is 0 Å². The van der Waals surface area contributed by atoms with Crippen molar-refractivity contribution in [3.8, 4) is 5.82 Å². The van der Waals surface area contributed by atoms with E-state index < -0.39 is 0 Å². The van der Waals surface area contributed by atoms with Crippen LogP contribution in [-0.2, 0) is 6.54 Å². The Hall–Kier alpha value is -2.12. The van der Waals surface area contributed by atoms with E-state index in [0.717, 1.165) is 42.6 Å². The summed E-state index contributed by atoms with van der Waals surface area (Å²) < 4.78 is 1.90. The van der Waals surface area contributed by atoms with Gasteiger partial charge in [-0.1, -0.05) is 0 Å². The third-order valence-corrected chi connectivity index (χ3v) is 5.21. The average molecular weight is 340 g/mol. The van der Waals surface area contributed by atoms with Crippen LogP contribution in [0.5, 0.6) is 0 Å². The van der Waals surface area contributed by atoms with Crippen molar-refractivity contribution in [2.24, 2.45) is 0 Å². The van der Waals surface area contributed by atoms with Gasteiger partial charge in [0.05, 0.1) is 22.6 Å². The van der Waals surface area contributed by atoms with Gasteiger partial charge in [-0.3, -0.25) is 14.5 Å². The number of rotatable bonds is 4. The Bertz CT molecular complexity index is 797. The van der Waals surface area contributed by atoms with Gasteiger partial charge >= 0.3 is 0 Å². The molecule has 0 unspecified atom stereocenters. The van der Waals surface area contributed by atoms with Gasteiger partial charge in [0.1, 0.15) is 6.33 Å². The minimum atomic E-state index is 0.425. The molecular weight excluding hydrogens is 320 g/mol. The van der Waals surface area contributed by atoms with E-state index in [4.69, 9.17) is 4.98 Å². The lowest BCUT2D eigenvalue weighted by atomic mass is 9.95. The number of hydrogen-bond donors (Lipinski definition) is 0. The molecule has 4 rings (SSSR count). The van der Waals surface area contributed by atoms with Crippen LogP contribution in [0.15, 0.2) is 36.5 Å². The molecule has 124 valence electrons. The number of aryl methyl sites for hydroxylation is 1. The summed E-state index contributed by atoms with van der Waals surface area (Å²) in [6.45, 7) is 5.13. The first kappa shape index (κ1) is 15.4. The molecule has 7 heteroatoms. The Morgan fingerprint density at radius 3 is 3.00 bits per heavy atom. The second kappa shape index (κ2) is 6.78. The van der Waals surface area contributed by atoms with Gasteiger partial charge in [-0.25, -0.2) is 15.0 Å². The number of thiazole rings is 1. The highest BCUT2D eigenvalue weighted by Gasteiger charge is 2.23. The highest BCUT2D eigenvalue weighted by atomic mass is 32.1. The Kier molecular flexibility index (Phi) is 4.36. The number of hydrogen-bond acceptors (Lipinski definition) is 6. The molecule has 1 saturated heterocycles. The van der Waals surface area contributed by atoms with Gasteiger partial charge < -0.3 is 0 Å². The van der Waals surface area contributed by atoms with E-state index >= 15 is 0 Å². The van der Waals surface area contributed by atoms with Crippen molar-refractivity contribution in [3.05, 3.63) is 52.9 Å².